The van der Waals surface area contributed by atoms with Crippen LogP contribution in [0.1, 0.15) is 33.6 Å². The number of hydrogen-bond acceptors (Lipinski definition) is 3. The van der Waals surface area contributed by atoms with Crippen LogP contribution in [0.3, 0.4) is 0 Å². The number of carbonyl (C=O) groups is 1. The summed E-state index contributed by atoms with van der Waals surface area (Å²) in [4.78, 5) is 12.3. The molecule has 0 bridgehead atoms. The second-order valence-electron chi connectivity index (χ2n) is 5.54. The second-order valence-corrected chi connectivity index (χ2v) is 5.98. The Bertz CT molecular complexity index is 485. The van der Waals surface area contributed by atoms with Gasteiger partial charge in [0.05, 0.1) is 6.61 Å². The SMILES string of the molecule is CCOC(=O)C(C)(Nc1cccc(Cl)c1)C1(C)CC1. The van der Waals surface area contributed by atoms with Crippen LogP contribution in [0, 0.1) is 5.41 Å². The van der Waals surface area contributed by atoms with Crippen LogP contribution in [0.2, 0.25) is 5.02 Å². The van der Waals surface area contributed by atoms with E-state index in [4.69, 9.17) is 16.3 Å². The number of halogens is 1. The first-order chi connectivity index (χ1) is 8.91. The van der Waals surface area contributed by atoms with Crippen LogP contribution in [0.25, 0.3) is 0 Å². The predicted molar refractivity (Wildman–Crippen MR) is 77.5 cm³/mol. The van der Waals surface area contributed by atoms with Gasteiger partial charge in [0.25, 0.3) is 0 Å². The highest BCUT2D eigenvalue weighted by atomic mass is 35.5. The topological polar surface area (TPSA) is 38.3 Å². The van der Waals surface area contributed by atoms with Crippen molar-refractivity contribution < 1.29 is 9.53 Å². The second kappa shape index (κ2) is 5.04. The summed E-state index contributed by atoms with van der Waals surface area (Å²) in [5.41, 5.74) is 0.0751. The standard InChI is InChI=1S/C15H20ClNO2/c1-4-19-13(18)15(3,14(2)8-9-14)17-12-7-5-6-11(16)10-12/h5-7,10,17H,4,8-9H2,1-3H3. The van der Waals surface area contributed by atoms with Crippen LogP contribution in [-0.2, 0) is 9.53 Å². The Morgan fingerprint density at radius 1 is 1.53 bits per heavy atom. The molecule has 1 aromatic carbocycles. The summed E-state index contributed by atoms with van der Waals surface area (Å²) in [6.45, 7) is 6.25. The van der Waals surface area contributed by atoms with Crippen LogP contribution in [0.4, 0.5) is 5.69 Å². The summed E-state index contributed by atoms with van der Waals surface area (Å²) in [7, 11) is 0. The Hall–Kier alpha value is -1.22. The number of ether oxygens (including phenoxy) is 1. The van der Waals surface area contributed by atoms with Crippen LogP contribution >= 0.6 is 11.6 Å². The maximum atomic E-state index is 12.3. The molecule has 0 saturated heterocycles. The Labute approximate surface area is 119 Å². The zero-order chi connectivity index (χ0) is 14.1. The molecule has 1 aliphatic carbocycles. The van der Waals surface area contributed by atoms with Crippen molar-refractivity contribution in [1.82, 2.24) is 0 Å². The molecule has 0 amide bonds. The quantitative estimate of drug-likeness (QED) is 0.833. The highest BCUT2D eigenvalue weighted by molar-refractivity contribution is 6.30. The van der Waals surface area contributed by atoms with E-state index in [0.29, 0.717) is 11.6 Å². The molecule has 19 heavy (non-hydrogen) atoms. The van der Waals surface area contributed by atoms with Crippen molar-refractivity contribution in [3.05, 3.63) is 29.3 Å². The molecular formula is C15H20ClNO2. The molecule has 1 atom stereocenters. The van der Waals surface area contributed by atoms with Gasteiger partial charge in [-0.15, -0.1) is 0 Å². The first kappa shape index (κ1) is 14.2. The fourth-order valence-corrected chi connectivity index (χ4v) is 2.46. The van der Waals surface area contributed by atoms with Gasteiger partial charge < -0.3 is 10.1 Å². The Balaban J connectivity index is 2.26. The monoisotopic (exact) mass is 281 g/mol. The molecule has 1 unspecified atom stereocenters. The molecule has 1 N–H and O–H groups in total. The van der Waals surface area contributed by atoms with Crippen molar-refractivity contribution in [2.45, 2.75) is 39.2 Å². The first-order valence-electron chi connectivity index (χ1n) is 6.62. The lowest BCUT2D eigenvalue weighted by molar-refractivity contribution is -0.150. The van der Waals surface area contributed by atoms with Crippen molar-refractivity contribution in [2.75, 3.05) is 11.9 Å². The number of nitrogens with one attached hydrogen (secondary N) is 1. The molecule has 1 aliphatic rings. The molecule has 0 aromatic heterocycles. The number of esters is 1. The molecule has 1 aromatic rings. The zero-order valence-corrected chi connectivity index (χ0v) is 12.4. The Morgan fingerprint density at radius 3 is 2.74 bits per heavy atom. The summed E-state index contributed by atoms with van der Waals surface area (Å²) in [5.74, 6) is -0.199. The highest BCUT2D eigenvalue weighted by Crippen LogP contribution is 2.55. The third-order valence-corrected chi connectivity index (χ3v) is 4.34. The minimum atomic E-state index is -0.715. The van der Waals surface area contributed by atoms with Crippen LogP contribution in [-0.4, -0.2) is 18.1 Å². The van der Waals surface area contributed by atoms with Crippen molar-refractivity contribution in [3.8, 4) is 0 Å². The van der Waals surface area contributed by atoms with Crippen molar-refractivity contribution in [1.29, 1.82) is 0 Å². The van der Waals surface area contributed by atoms with Crippen LogP contribution in [0.15, 0.2) is 24.3 Å². The number of hydrogen-bond donors (Lipinski definition) is 1. The third kappa shape index (κ3) is 2.71. The van der Waals surface area contributed by atoms with E-state index in [0.717, 1.165) is 18.5 Å². The van der Waals surface area contributed by atoms with Gasteiger partial charge in [0, 0.05) is 16.1 Å². The molecule has 0 radical (unpaired) electrons. The van der Waals surface area contributed by atoms with E-state index >= 15 is 0 Å². The minimum Gasteiger partial charge on any atom is -0.464 e. The van der Waals surface area contributed by atoms with Gasteiger partial charge in [-0.3, -0.25) is 0 Å². The molecule has 1 fully saturated rings. The van der Waals surface area contributed by atoms with Gasteiger partial charge in [0.2, 0.25) is 0 Å². The molecule has 3 nitrogen and oxygen atoms in total. The lowest BCUT2D eigenvalue weighted by Gasteiger charge is -2.35. The molecule has 2 rings (SSSR count). The van der Waals surface area contributed by atoms with E-state index in [1.807, 2.05) is 38.1 Å². The van der Waals surface area contributed by atoms with E-state index in [1.54, 1.807) is 0 Å². The molecule has 0 aliphatic heterocycles. The summed E-state index contributed by atoms with van der Waals surface area (Å²) in [6, 6.07) is 7.42. The van der Waals surface area contributed by atoms with E-state index in [1.165, 1.54) is 0 Å². The lowest BCUT2D eigenvalue weighted by atomic mass is 9.83. The summed E-state index contributed by atoms with van der Waals surface area (Å²) in [6.07, 6.45) is 2.05. The van der Waals surface area contributed by atoms with Gasteiger partial charge in [0.15, 0.2) is 0 Å². The van der Waals surface area contributed by atoms with E-state index in [9.17, 15) is 4.79 Å². The van der Waals surface area contributed by atoms with E-state index in [-0.39, 0.29) is 11.4 Å². The van der Waals surface area contributed by atoms with Crippen molar-refractivity contribution in [2.24, 2.45) is 5.41 Å². The van der Waals surface area contributed by atoms with Crippen molar-refractivity contribution >= 4 is 23.3 Å². The summed E-state index contributed by atoms with van der Waals surface area (Å²) < 4.78 is 5.24. The average molecular weight is 282 g/mol. The number of rotatable bonds is 5. The molecule has 104 valence electrons. The first-order valence-corrected chi connectivity index (χ1v) is 7.00. The largest absolute Gasteiger partial charge is 0.464 e. The number of anilines is 1. The molecule has 4 heteroatoms. The average Bonchev–Trinajstić information content (AvgIpc) is 3.09. The normalized spacial score (nSPS) is 19.4. The molecule has 0 spiro atoms. The van der Waals surface area contributed by atoms with Crippen LogP contribution < -0.4 is 5.32 Å². The van der Waals surface area contributed by atoms with Gasteiger partial charge in [-0.05, 0) is 44.9 Å². The van der Waals surface area contributed by atoms with E-state index in [2.05, 4.69) is 12.2 Å². The maximum absolute atomic E-state index is 12.3. The molecule has 1 saturated carbocycles. The minimum absolute atomic E-state index is 0.0540. The highest BCUT2D eigenvalue weighted by Gasteiger charge is 2.58. The number of benzene rings is 1. The number of carbonyl (C=O) groups excluding carboxylic acids is 1. The van der Waals surface area contributed by atoms with Gasteiger partial charge >= 0.3 is 5.97 Å². The van der Waals surface area contributed by atoms with Gasteiger partial charge in [0.1, 0.15) is 5.54 Å². The maximum Gasteiger partial charge on any atom is 0.332 e. The van der Waals surface area contributed by atoms with Crippen molar-refractivity contribution in [3.63, 3.8) is 0 Å². The third-order valence-electron chi connectivity index (χ3n) is 4.11. The fourth-order valence-electron chi connectivity index (χ4n) is 2.27. The summed E-state index contributed by atoms with van der Waals surface area (Å²) >= 11 is 5.99. The van der Waals surface area contributed by atoms with Gasteiger partial charge in [-0.2, -0.15) is 0 Å². The van der Waals surface area contributed by atoms with Gasteiger partial charge in [-0.1, -0.05) is 24.6 Å². The fraction of sp³-hybridized carbons (Fsp3) is 0.533. The van der Waals surface area contributed by atoms with Crippen LogP contribution in [0.5, 0.6) is 0 Å². The zero-order valence-electron chi connectivity index (χ0n) is 11.6. The Morgan fingerprint density at radius 2 is 2.21 bits per heavy atom. The van der Waals surface area contributed by atoms with E-state index < -0.39 is 5.54 Å². The predicted octanol–water partition coefficient (Wildman–Crippen LogP) is 3.87. The smallest absolute Gasteiger partial charge is 0.332 e. The Kier molecular flexibility index (Phi) is 3.77. The molecule has 0 heterocycles. The lowest BCUT2D eigenvalue weighted by Crippen LogP contribution is -2.51. The molecular weight excluding hydrogens is 262 g/mol. The summed E-state index contributed by atoms with van der Waals surface area (Å²) in [5, 5.41) is 3.97. The van der Waals surface area contributed by atoms with Gasteiger partial charge in [-0.25, -0.2) is 4.79 Å².